The molecule has 0 aliphatic heterocycles. The van der Waals surface area contributed by atoms with E-state index in [-0.39, 0.29) is 5.41 Å². The lowest BCUT2D eigenvalue weighted by Gasteiger charge is -2.30. The van der Waals surface area contributed by atoms with E-state index >= 15 is 0 Å². The van der Waals surface area contributed by atoms with Crippen molar-refractivity contribution >= 4 is 70.1 Å². The number of para-hydroxylation sites is 1. The topological polar surface area (TPSA) is 3.24 Å². The van der Waals surface area contributed by atoms with Crippen LogP contribution < -0.4 is 4.90 Å². The lowest BCUT2D eigenvalue weighted by molar-refractivity contribution is 0.660. The number of benzene rings is 11. The van der Waals surface area contributed by atoms with Gasteiger partial charge in [-0.05, 0) is 132 Å². The molecule has 1 heterocycles. The SMILES string of the molecule is CC1(C)c2ccccc2-c2ccc(N(c3ccc(-c4cc(-c5cccc6cccc(-c7ccccc7)c56)cc5c4sc4cc6ccccc6cc45)cc3)c3ccccc3-c3ccccc3)cc21. The van der Waals surface area contributed by atoms with Crippen molar-refractivity contribution in [3.8, 4) is 55.6 Å². The highest BCUT2D eigenvalue weighted by atomic mass is 32.1. The van der Waals surface area contributed by atoms with Crippen LogP contribution in [0.15, 0.2) is 237 Å². The second kappa shape index (κ2) is 15.6. The van der Waals surface area contributed by atoms with Gasteiger partial charge in [0.15, 0.2) is 0 Å². The summed E-state index contributed by atoms with van der Waals surface area (Å²) in [6, 6.07) is 87.7. The zero-order valence-corrected chi connectivity index (χ0v) is 38.2. The molecule has 0 saturated carbocycles. The lowest BCUT2D eigenvalue weighted by Crippen LogP contribution is -2.16. The fourth-order valence-corrected chi connectivity index (χ4v) is 12.2. The number of fused-ring (bicyclic) bond motifs is 8. The Balaban J connectivity index is 1.02. The van der Waals surface area contributed by atoms with Crippen LogP contribution >= 0.6 is 11.3 Å². The van der Waals surface area contributed by atoms with Crippen molar-refractivity contribution in [3.63, 3.8) is 0 Å². The Labute approximate surface area is 395 Å². The first-order valence-corrected chi connectivity index (χ1v) is 24.1. The predicted molar refractivity (Wildman–Crippen MR) is 288 cm³/mol. The monoisotopic (exact) mass is 871 g/mol. The first kappa shape index (κ1) is 39.3. The van der Waals surface area contributed by atoms with Gasteiger partial charge in [0.1, 0.15) is 0 Å². The van der Waals surface area contributed by atoms with E-state index < -0.39 is 0 Å². The summed E-state index contributed by atoms with van der Waals surface area (Å²) in [5, 5.41) is 7.63. The molecule has 0 amide bonds. The highest BCUT2D eigenvalue weighted by molar-refractivity contribution is 7.26. The van der Waals surface area contributed by atoms with Crippen LogP contribution in [0.4, 0.5) is 17.1 Å². The maximum atomic E-state index is 2.46. The third kappa shape index (κ3) is 6.43. The standard InChI is InChI=1S/C65H45NS/c1-65(2)59-29-13-11-26-54(59)55-36-35-50(41-60(55)65)66(61-30-14-12-25-51(61)42-17-5-3-6-18-42)49-33-31-44(32-34-49)56-38-48(39-58-57-37-46-21-9-10-22-47(46)40-62(57)67-64(56)58)53-28-16-24-45-23-15-27-52(63(45)53)43-19-7-4-8-20-43/h3-41H,1-2H3. The van der Waals surface area contributed by atoms with Gasteiger partial charge in [-0.3, -0.25) is 0 Å². The van der Waals surface area contributed by atoms with Gasteiger partial charge in [0.2, 0.25) is 0 Å². The molecule has 13 rings (SSSR count). The summed E-state index contributed by atoms with van der Waals surface area (Å²) in [5.41, 5.74) is 18.4. The van der Waals surface area contributed by atoms with Crippen LogP contribution in [-0.2, 0) is 5.41 Å². The molecule has 0 spiro atoms. The molecule has 1 aromatic heterocycles. The van der Waals surface area contributed by atoms with Crippen LogP contribution in [0.5, 0.6) is 0 Å². The highest BCUT2D eigenvalue weighted by Crippen LogP contribution is 2.52. The second-order valence-electron chi connectivity index (χ2n) is 18.4. The van der Waals surface area contributed by atoms with Gasteiger partial charge >= 0.3 is 0 Å². The third-order valence-electron chi connectivity index (χ3n) is 14.2. The summed E-state index contributed by atoms with van der Waals surface area (Å²) in [6.45, 7) is 4.73. The van der Waals surface area contributed by atoms with Crippen molar-refractivity contribution < 1.29 is 0 Å². The Morgan fingerprint density at radius 1 is 0.343 bits per heavy atom. The molecule has 0 atom stereocenters. The van der Waals surface area contributed by atoms with Crippen LogP contribution in [-0.4, -0.2) is 0 Å². The maximum absolute atomic E-state index is 2.46. The Kier molecular flexibility index (Phi) is 9.13. The number of rotatable bonds is 7. The zero-order chi connectivity index (χ0) is 44.6. The van der Waals surface area contributed by atoms with Crippen LogP contribution in [0, 0.1) is 0 Å². The minimum Gasteiger partial charge on any atom is -0.310 e. The largest absolute Gasteiger partial charge is 0.310 e. The van der Waals surface area contributed by atoms with E-state index in [2.05, 4.69) is 255 Å². The number of anilines is 3. The summed E-state index contributed by atoms with van der Waals surface area (Å²) in [4.78, 5) is 2.46. The number of thiophene rings is 1. The van der Waals surface area contributed by atoms with Gasteiger partial charge in [-0.1, -0.05) is 196 Å². The highest BCUT2D eigenvalue weighted by Gasteiger charge is 2.36. The van der Waals surface area contributed by atoms with Crippen molar-refractivity contribution in [2.75, 3.05) is 4.90 Å². The molecule has 0 fully saturated rings. The molecule has 2 heteroatoms. The number of hydrogen-bond donors (Lipinski definition) is 0. The Morgan fingerprint density at radius 2 is 0.896 bits per heavy atom. The number of nitrogens with zero attached hydrogens (tertiary/aromatic N) is 1. The third-order valence-corrected chi connectivity index (χ3v) is 15.4. The minimum atomic E-state index is -0.130. The summed E-state index contributed by atoms with van der Waals surface area (Å²) in [6.07, 6.45) is 0. The molecule has 1 aliphatic rings. The second-order valence-corrected chi connectivity index (χ2v) is 19.5. The van der Waals surface area contributed by atoms with E-state index in [1.165, 1.54) is 108 Å². The molecule has 11 aromatic carbocycles. The molecule has 12 aromatic rings. The zero-order valence-electron chi connectivity index (χ0n) is 37.4. The van der Waals surface area contributed by atoms with E-state index in [1.807, 2.05) is 11.3 Å². The van der Waals surface area contributed by atoms with Crippen molar-refractivity contribution in [2.45, 2.75) is 19.3 Å². The molecule has 0 unspecified atom stereocenters. The van der Waals surface area contributed by atoms with Crippen LogP contribution in [0.1, 0.15) is 25.0 Å². The van der Waals surface area contributed by atoms with E-state index in [0.29, 0.717) is 0 Å². The lowest BCUT2D eigenvalue weighted by atomic mass is 9.82. The van der Waals surface area contributed by atoms with E-state index in [9.17, 15) is 0 Å². The van der Waals surface area contributed by atoms with E-state index in [0.717, 1.165) is 17.1 Å². The van der Waals surface area contributed by atoms with Gasteiger partial charge in [0, 0.05) is 48.1 Å². The predicted octanol–water partition coefficient (Wildman–Crippen LogP) is 18.8. The van der Waals surface area contributed by atoms with Gasteiger partial charge in [-0.15, -0.1) is 11.3 Å². The Bertz CT molecular complexity index is 3870. The number of hydrogen-bond acceptors (Lipinski definition) is 2. The molecule has 0 N–H and O–H groups in total. The molecule has 0 bridgehead atoms. The van der Waals surface area contributed by atoms with Crippen molar-refractivity contribution in [1.82, 2.24) is 0 Å². The minimum absolute atomic E-state index is 0.130. The van der Waals surface area contributed by atoms with Gasteiger partial charge < -0.3 is 4.90 Å². The molecule has 1 aliphatic carbocycles. The summed E-state index contributed by atoms with van der Waals surface area (Å²) in [5.74, 6) is 0. The molecular formula is C65H45NS. The quantitative estimate of drug-likeness (QED) is 0.154. The average Bonchev–Trinajstić information content (AvgIpc) is 3.86. The van der Waals surface area contributed by atoms with Crippen LogP contribution in [0.25, 0.3) is 97.4 Å². The molecule has 0 radical (unpaired) electrons. The molecule has 67 heavy (non-hydrogen) atoms. The van der Waals surface area contributed by atoms with Crippen molar-refractivity contribution in [3.05, 3.63) is 248 Å². The fourth-order valence-electron chi connectivity index (χ4n) is 11.0. The van der Waals surface area contributed by atoms with Crippen LogP contribution in [0.2, 0.25) is 0 Å². The summed E-state index contributed by atoms with van der Waals surface area (Å²) >= 11 is 1.90. The maximum Gasteiger partial charge on any atom is 0.0540 e. The normalized spacial score (nSPS) is 12.7. The average molecular weight is 872 g/mol. The van der Waals surface area contributed by atoms with Gasteiger partial charge in [-0.25, -0.2) is 0 Å². The molecule has 0 saturated heterocycles. The molecular weight excluding hydrogens is 827 g/mol. The molecule has 316 valence electrons. The first-order chi connectivity index (χ1) is 33.0. The summed E-state index contributed by atoms with van der Waals surface area (Å²) < 4.78 is 2.61. The van der Waals surface area contributed by atoms with Crippen molar-refractivity contribution in [1.29, 1.82) is 0 Å². The smallest absolute Gasteiger partial charge is 0.0540 e. The van der Waals surface area contributed by atoms with Gasteiger partial charge in [0.25, 0.3) is 0 Å². The van der Waals surface area contributed by atoms with Gasteiger partial charge in [0.05, 0.1) is 5.69 Å². The van der Waals surface area contributed by atoms with E-state index in [4.69, 9.17) is 0 Å². The van der Waals surface area contributed by atoms with Gasteiger partial charge in [-0.2, -0.15) is 0 Å². The first-order valence-electron chi connectivity index (χ1n) is 23.2. The van der Waals surface area contributed by atoms with Crippen LogP contribution in [0.3, 0.4) is 0 Å². The van der Waals surface area contributed by atoms with Crippen molar-refractivity contribution in [2.24, 2.45) is 0 Å². The Hall–Kier alpha value is -8.04. The fraction of sp³-hybridized carbons (Fsp3) is 0.0462. The summed E-state index contributed by atoms with van der Waals surface area (Å²) in [7, 11) is 0. The van der Waals surface area contributed by atoms with E-state index in [1.54, 1.807) is 0 Å². The molecule has 1 nitrogen and oxygen atoms in total. The Morgan fingerprint density at radius 3 is 1.64 bits per heavy atom.